The van der Waals surface area contributed by atoms with E-state index in [4.69, 9.17) is 30.5 Å². The highest BCUT2D eigenvalue weighted by atomic mass is 35.5. The number of anilines is 1. The summed E-state index contributed by atoms with van der Waals surface area (Å²) < 4.78 is 33.1. The SMILES string of the molecule is COC(=O)C(CCOC[C@H](CCc1ccc2c(n1)NCCC2)O[Si](c1ccccc1)(c1ccccc1)C(C)(C)C)NC(=O)c1c(F)cncc1Cl. The second-order valence-corrected chi connectivity index (χ2v) is 18.3. The molecule has 2 aromatic carbocycles. The number of esters is 1. The van der Waals surface area contributed by atoms with E-state index in [0.29, 0.717) is 12.8 Å². The van der Waals surface area contributed by atoms with Crippen molar-refractivity contribution in [1.29, 1.82) is 0 Å². The molecule has 4 aromatic rings. The van der Waals surface area contributed by atoms with E-state index in [-0.39, 0.29) is 35.8 Å². The number of pyridine rings is 2. The van der Waals surface area contributed by atoms with Crippen molar-refractivity contribution in [3.8, 4) is 0 Å². The van der Waals surface area contributed by atoms with Gasteiger partial charge in [0, 0.05) is 31.5 Å². The second-order valence-electron chi connectivity index (χ2n) is 13.7. The summed E-state index contributed by atoms with van der Waals surface area (Å²) in [5.41, 5.74) is 1.80. The van der Waals surface area contributed by atoms with Gasteiger partial charge >= 0.3 is 5.97 Å². The van der Waals surface area contributed by atoms with Crippen molar-refractivity contribution < 1.29 is 27.9 Å². The first-order chi connectivity index (χ1) is 24.5. The Labute approximate surface area is 305 Å². The predicted molar refractivity (Wildman–Crippen MR) is 200 cm³/mol. The number of aryl methyl sites for hydroxylation is 2. The summed E-state index contributed by atoms with van der Waals surface area (Å²) in [7, 11) is -1.72. The van der Waals surface area contributed by atoms with E-state index in [2.05, 4.69) is 97.1 Å². The molecule has 1 unspecified atom stereocenters. The zero-order valence-electron chi connectivity index (χ0n) is 29.6. The standard InChI is InChI=1S/C39H46ClFN4O5Si/c1-39(2,3)51(30-13-7-5-8-14-30,31-15-9-6-10-16-31)50-29(20-19-28-18-17-27-12-11-22-43-36(27)44-28)26-49-23-21-34(38(47)48-4)45-37(46)35-32(40)24-42-25-33(35)41/h5-10,13-18,24-25,29,34H,11-12,19-23,26H2,1-4H3,(H,43,44)(H,45,46)/t29-,34?/m0/s1. The zero-order chi connectivity index (χ0) is 36.4. The zero-order valence-corrected chi connectivity index (χ0v) is 31.3. The Bertz CT molecular complexity index is 1720. The van der Waals surface area contributed by atoms with Crippen LogP contribution >= 0.6 is 11.6 Å². The van der Waals surface area contributed by atoms with Gasteiger partial charge < -0.3 is 24.5 Å². The van der Waals surface area contributed by atoms with E-state index in [0.717, 1.165) is 53.7 Å². The molecule has 270 valence electrons. The van der Waals surface area contributed by atoms with Crippen LogP contribution in [0.5, 0.6) is 0 Å². The molecule has 0 radical (unpaired) electrons. The lowest BCUT2D eigenvalue weighted by Crippen LogP contribution is -2.68. The topological polar surface area (TPSA) is 112 Å². The highest BCUT2D eigenvalue weighted by Crippen LogP contribution is 2.38. The molecule has 0 fully saturated rings. The molecule has 0 bridgehead atoms. The third-order valence-electron chi connectivity index (χ3n) is 9.16. The number of benzene rings is 2. The number of nitrogens with one attached hydrogen (secondary N) is 2. The molecular formula is C39H46ClFN4O5Si. The van der Waals surface area contributed by atoms with E-state index < -0.39 is 37.6 Å². The average Bonchev–Trinajstić information content (AvgIpc) is 3.13. The van der Waals surface area contributed by atoms with E-state index in [1.807, 2.05) is 12.1 Å². The second kappa shape index (κ2) is 17.4. The summed E-state index contributed by atoms with van der Waals surface area (Å²) in [6, 6.07) is 24.0. The third-order valence-corrected chi connectivity index (χ3v) is 14.5. The van der Waals surface area contributed by atoms with Crippen molar-refractivity contribution >= 4 is 48.0 Å². The fraction of sp³-hybridized carbons (Fsp3) is 0.385. The first kappa shape index (κ1) is 38.1. The summed E-state index contributed by atoms with van der Waals surface area (Å²) in [6.45, 7) is 7.92. The number of methoxy groups -OCH3 is 1. The minimum atomic E-state index is -2.95. The van der Waals surface area contributed by atoms with Gasteiger partial charge in [-0.15, -0.1) is 0 Å². The molecule has 0 saturated heterocycles. The van der Waals surface area contributed by atoms with Crippen molar-refractivity contribution in [3.63, 3.8) is 0 Å². The predicted octanol–water partition coefficient (Wildman–Crippen LogP) is 5.88. The number of hydrogen-bond acceptors (Lipinski definition) is 8. The van der Waals surface area contributed by atoms with Crippen LogP contribution in [0.25, 0.3) is 0 Å². The van der Waals surface area contributed by atoms with Crippen molar-refractivity contribution in [2.75, 3.05) is 32.2 Å². The first-order valence-electron chi connectivity index (χ1n) is 17.3. The molecule has 2 atom stereocenters. The van der Waals surface area contributed by atoms with Gasteiger partial charge in [-0.05, 0) is 52.7 Å². The summed E-state index contributed by atoms with van der Waals surface area (Å²) >= 11 is 6.04. The van der Waals surface area contributed by atoms with Crippen molar-refractivity contribution in [2.24, 2.45) is 0 Å². The largest absolute Gasteiger partial charge is 0.467 e. The van der Waals surface area contributed by atoms with E-state index in [1.54, 1.807) is 0 Å². The number of nitrogens with zero attached hydrogens (tertiary/aromatic N) is 2. The van der Waals surface area contributed by atoms with E-state index >= 15 is 0 Å². The van der Waals surface area contributed by atoms with Gasteiger partial charge in [0.15, 0.2) is 5.82 Å². The third kappa shape index (κ3) is 9.20. The van der Waals surface area contributed by atoms with Crippen molar-refractivity contribution in [2.45, 2.75) is 70.1 Å². The molecule has 0 saturated carbocycles. The van der Waals surface area contributed by atoms with E-state index in [9.17, 15) is 14.0 Å². The Morgan fingerprint density at radius 1 is 1.00 bits per heavy atom. The van der Waals surface area contributed by atoms with Crippen LogP contribution in [0.4, 0.5) is 10.2 Å². The van der Waals surface area contributed by atoms with Gasteiger partial charge in [-0.3, -0.25) is 9.78 Å². The number of halogens is 2. The molecule has 1 aliphatic rings. The average molecular weight is 733 g/mol. The number of ether oxygens (including phenoxy) is 2. The lowest BCUT2D eigenvalue weighted by molar-refractivity contribution is -0.143. The fourth-order valence-corrected chi connectivity index (χ4v) is 11.5. The number of amides is 1. The monoisotopic (exact) mass is 732 g/mol. The number of rotatable bonds is 15. The summed E-state index contributed by atoms with van der Waals surface area (Å²) in [5, 5.41) is 7.85. The number of hydrogen-bond donors (Lipinski definition) is 2. The van der Waals surface area contributed by atoms with Crippen LogP contribution in [-0.4, -0.2) is 69.2 Å². The summed E-state index contributed by atoms with van der Waals surface area (Å²) in [4.78, 5) is 34.2. The molecule has 2 N–H and O–H groups in total. The lowest BCUT2D eigenvalue weighted by Gasteiger charge is -2.45. The Morgan fingerprint density at radius 2 is 1.69 bits per heavy atom. The number of carbonyl (C=O) groups excluding carboxylic acids is 2. The van der Waals surface area contributed by atoms with Crippen molar-refractivity contribution in [3.05, 3.63) is 113 Å². The Kier molecular flexibility index (Phi) is 13.0. The van der Waals surface area contributed by atoms with Crippen LogP contribution in [0.3, 0.4) is 0 Å². The Hall–Kier alpha value is -4.16. The molecular weight excluding hydrogens is 687 g/mol. The first-order valence-corrected chi connectivity index (χ1v) is 19.6. The maximum atomic E-state index is 14.4. The molecule has 3 heterocycles. The van der Waals surface area contributed by atoms with Crippen LogP contribution in [-0.2, 0) is 31.5 Å². The van der Waals surface area contributed by atoms with Crippen LogP contribution in [0.15, 0.2) is 85.2 Å². The minimum Gasteiger partial charge on any atom is -0.467 e. The van der Waals surface area contributed by atoms with Crippen LogP contribution < -0.4 is 21.0 Å². The maximum Gasteiger partial charge on any atom is 0.328 e. The fourth-order valence-electron chi connectivity index (χ4n) is 6.60. The minimum absolute atomic E-state index is 0.0761. The van der Waals surface area contributed by atoms with Crippen LogP contribution in [0.1, 0.15) is 61.6 Å². The lowest BCUT2D eigenvalue weighted by atomic mass is 10.1. The summed E-state index contributed by atoms with van der Waals surface area (Å²) in [5.74, 6) is -1.49. The molecule has 2 aromatic heterocycles. The molecule has 51 heavy (non-hydrogen) atoms. The van der Waals surface area contributed by atoms with Crippen LogP contribution in [0, 0.1) is 5.82 Å². The van der Waals surface area contributed by atoms with Crippen molar-refractivity contribution in [1.82, 2.24) is 15.3 Å². The smallest absolute Gasteiger partial charge is 0.328 e. The molecule has 12 heteroatoms. The molecule has 1 aliphatic heterocycles. The number of fused-ring (bicyclic) bond motifs is 1. The van der Waals surface area contributed by atoms with Gasteiger partial charge in [0.05, 0.1) is 36.6 Å². The molecule has 0 spiro atoms. The van der Waals surface area contributed by atoms with Gasteiger partial charge in [0.1, 0.15) is 11.9 Å². The van der Waals surface area contributed by atoms with Gasteiger partial charge in [-0.2, -0.15) is 0 Å². The molecule has 9 nitrogen and oxygen atoms in total. The molecule has 0 aliphatic carbocycles. The van der Waals surface area contributed by atoms with Gasteiger partial charge in [0.2, 0.25) is 0 Å². The van der Waals surface area contributed by atoms with Gasteiger partial charge in [-0.1, -0.05) is 99.1 Å². The number of aromatic nitrogens is 2. The van der Waals surface area contributed by atoms with Crippen LogP contribution in [0.2, 0.25) is 10.1 Å². The summed E-state index contributed by atoms with van der Waals surface area (Å²) in [6.07, 6.45) is 5.19. The highest BCUT2D eigenvalue weighted by molar-refractivity contribution is 6.99. The maximum absolute atomic E-state index is 14.4. The Morgan fingerprint density at radius 3 is 2.31 bits per heavy atom. The number of carbonyl (C=O) groups is 2. The Balaban J connectivity index is 1.38. The molecule has 1 amide bonds. The highest BCUT2D eigenvalue weighted by Gasteiger charge is 2.51. The quantitative estimate of drug-likeness (QED) is 0.0886. The van der Waals surface area contributed by atoms with Gasteiger partial charge in [0.25, 0.3) is 14.2 Å². The normalized spacial score (nSPS) is 14.2. The van der Waals surface area contributed by atoms with Gasteiger partial charge in [-0.25, -0.2) is 14.2 Å². The van der Waals surface area contributed by atoms with E-state index in [1.165, 1.54) is 12.7 Å². The molecule has 5 rings (SSSR count).